The molecule has 2 fully saturated rings. The van der Waals surface area contributed by atoms with Crippen LogP contribution in [0.15, 0.2) is 24.3 Å². The minimum Gasteiger partial charge on any atom is -0.240 e. The zero-order valence-electron chi connectivity index (χ0n) is 17.8. The highest BCUT2D eigenvalue weighted by Gasteiger charge is 2.33. The van der Waals surface area contributed by atoms with Crippen molar-refractivity contribution in [3.05, 3.63) is 41.3 Å². The molecule has 0 spiro atoms. The molecule has 2 aromatic heterocycles. The van der Waals surface area contributed by atoms with Crippen molar-refractivity contribution in [3.8, 4) is 11.5 Å². The van der Waals surface area contributed by atoms with Gasteiger partial charge in [0.1, 0.15) is 11.4 Å². The van der Waals surface area contributed by atoms with Gasteiger partial charge >= 0.3 is 6.18 Å². The first-order valence-corrected chi connectivity index (χ1v) is 11.2. The van der Waals surface area contributed by atoms with Crippen molar-refractivity contribution in [3.63, 3.8) is 0 Å². The van der Waals surface area contributed by atoms with Crippen LogP contribution in [0.5, 0.6) is 0 Å². The Morgan fingerprint density at radius 1 is 0.867 bits per heavy atom. The number of hydrogen-bond acceptors (Lipinski definition) is 3. The van der Waals surface area contributed by atoms with Gasteiger partial charge in [-0.1, -0.05) is 19.9 Å². The van der Waals surface area contributed by atoms with E-state index in [1.54, 1.807) is 6.07 Å². The topological polar surface area (TPSA) is 38.7 Å². The van der Waals surface area contributed by atoms with E-state index in [1.165, 1.54) is 31.7 Å². The molecule has 4 rings (SSSR count). The Bertz CT molecular complexity index is 832. The number of pyridine rings is 1. The number of halogens is 3. The molecule has 0 bridgehead atoms. The molecule has 0 saturated heterocycles. The molecule has 0 unspecified atom stereocenters. The molecule has 162 valence electrons. The molecule has 0 aromatic carbocycles. The first-order chi connectivity index (χ1) is 14.3. The Hall–Kier alpha value is -1.98. The maximum absolute atomic E-state index is 13.1. The van der Waals surface area contributed by atoms with Gasteiger partial charge in [0.2, 0.25) is 0 Å². The van der Waals surface area contributed by atoms with E-state index in [2.05, 4.69) is 34.9 Å². The van der Waals surface area contributed by atoms with Crippen molar-refractivity contribution < 1.29 is 13.2 Å². The Balaban J connectivity index is 1.57. The Kier molecular flexibility index (Phi) is 6.12. The molecular formula is C24H30F3N3. The summed E-state index contributed by atoms with van der Waals surface area (Å²) >= 11 is 0. The van der Waals surface area contributed by atoms with Gasteiger partial charge in [-0.25, -0.2) is 15.0 Å². The quantitative estimate of drug-likeness (QED) is 0.466. The third kappa shape index (κ3) is 5.58. The molecule has 0 aliphatic heterocycles. The van der Waals surface area contributed by atoms with Crippen molar-refractivity contribution in [1.29, 1.82) is 0 Å². The van der Waals surface area contributed by atoms with Gasteiger partial charge in [0.15, 0.2) is 5.82 Å². The molecule has 2 heterocycles. The Morgan fingerprint density at radius 2 is 1.40 bits per heavy atom. The zero-order chi connectivity index (χ0) is 21.3. The molecule has 3 nitrogen and oxygen atoms in total. The minimum atomic E-state index is -4.48. The second kappa shape index (κ2) is 8.64. The van der Waals surface area contributed by atoms with Gasteiger partial charge in [0.25, 0.3) is 0 Å². The standard InChI is InChI=1S/C24H30F3N3/c1-15(17-8-9-17)6-12-19-14-20(13-7-16(2)18-10-11-18)29-23(28-19)21-4-3-5-22(30-21)24(25,26)27/h3-5,14-18H,6-13H2,1-2H3/t15-,16-/m0/s1. The predicted molar refractivity (Wildman–Crippen MR) is 111 cm³/mol. The SMILES string of the molecule is C[C@@H](CCc1cc(CC[C@H](C)C2CC2)nc(-c2cccc(C(F)(F)F)n2)n1)C1CC1. The molecule has 2 aliphatic rings. The van der Waals surface area contributed by atoms with Gasteiger partial charge in [0.05, 0.1) is 0 Å². The van der Waals surface area contributed by atoms with Gasteiger partial charge < -0.3 is 0 Å². The summed E-state index contributed by atoms with van der Waals surface area (Å²) in [5.74, 6) is 3.29. The van der Waals surface area contributed by atoms with E-state index in [0.717, 1.165) is 55.0 Å². The third-order valence-corrected chi connectivity index (χ3v) is 6.67. The molecule has 0 amide bonds. The van der Waals surface area contributed by atoms with Crippen molar-refractivity contribution in [2.24, 2.45) is 23.7 Å². The van der Waals surface area contributed by atoms with Crippen LogP contribution in [0, 0.1) is 23.7 Å². The maximum atomic E-state index is 13.1. The van der Waals surface area contributed by atoms with Crippen LogP contribution in [0.25, 0.3) is 11.5 Å². The van der Waals surface area contributed by atoms with E-state index in [-0.39, 0.29) is 5.69 Å². The monoisotopic (exact) mass is 417 g/mol. The normalized spacial score (nSPS) is 19.0. The van der Waals surface area contributed by atoms with Crippen molar-refractivity contribution >= 4 is 0 Å². The second-order valence-electron chi connectivity index (χ2n) is 9.29. The summed E-state index contributed by atoms with van der Waals surface area (Å²) in [7, 11) is 0. The molecule has 2 aromatic rings. The lowest BCUT2D eigenvalue weighted by atomic mass is 9.97. The molecule has 2 aliphatic carbocycles. The van der Waals surface area contributed by atoms with Crippen LogP contribution in [0.1, 0.15) is 69.5 Å². The molecular weight excluding hydrogens is 387 g/mol. The van der Waals surface area contributed by atoms with Crippen LogP contribution < -0.4 is 0 Å². The summed E-state index contributed by atoms with van der Waals surface area (Å²) in [6.07, 6.45) is 4.54. The largest absolute Gasteiger partial charge is 0.433 e. The molecule has 2 saturated carbocycles. The summed E-state index contributed by atoms with van der Waals surface area (Å²) in [6.45, 7) is 4.57. The van der Waals surface area contributed by atoms with Gasteiger partial charge in [-0.15, -0.1) is 0 Å². The summed E-state index contributed by atoms with van der Waals surface area (Å²) < 4.78 is 39.4. The van der Waals surface area contributed by atoms with Crippen molar-refractivity contribution in [2.75, 3.05) is 0 Å². The fourth-order valence-corrected chi connectivity index (χ4v) is 4.19. The van der Waals surface area contributed by atoms with Crippen LogP contribution in [0.2, 0.25) is 0 Å². The number of alkyl halides is 3. The number of nitrogens with zero attached hydrogens (tertiary/aromatic N) is 3. The number of aromatic nitrogens is 3. The summed E-state index contributed by atoms with van der Waals surface area (Å²) in [5.41, 5.74) is 1.13. The summed E-state index contributed by atoms with van der Waals surface area (Å²) in [6, 6.07) is 5.99. The first-order valence-electron chi connectivity index (χ1n) is 11.2. The average Bonchev–Trinajstić information content (AvgIpc) is 3.62. The van der Waals surface area contributed by atoms with Crippen LogP contribution >= 0.6 is 0 Å². The fraction of sp³-hybridized carbons (Fsp3) is 0.625. The lowest BCUT2D eigenvalue weighted by molar-refractivity contribution is -0.141. The Morgan fingerprint density at radius 3 is 1.87 bits per heavy atom. The van der Waals surface area contributed by atoms with E-state index in [9.17, 15) is 13.2 Å². The van der Waals surface area contributed by atoms with Gasteiger partial charge in [0, 0.05) is 11.4 Å². The van der Waals surface area contributed by atoms with Crippen LogP contribution in [-0.2, 0) is 19.0 Å². The first kappa shape index (κ1) is 21.3. The van der Waals surface area contributed by atoms with Crippen molar-refractivity contribution in [1.82, 2.24) is 15.0 Å². The smallest absolute Gasteiger partial charge is 0.240 e. The molecule has 30 heavy (non-hydrogen) atoms. The van der Waals surface area contributed by atoms with E-state index < -0.39 is 11.9 Å². The van der Waals surface area contributed by atoms with Crippen LogP contribution in [-0.4, -0.2) is 15.0 Å². The zero-order valence-corrected chi connectivity index (χ0v) is 17.8. The number of aryl methyl sites for hydroxylation is 2. The second-order valence-corrected chi connectivity index (χ2v) is 9.29. The van der Waals surface area contributed by atoms with Gasteiger partial charge in [-0.05, 0) is 93.2 Å². The number of rotatable bonds is 9. The minimum absolute atomic E-state index is 0.193. The average molecular weight is 418 g/mol. The van der Waals surface area contributed by atoms with Gasteiger partial charge in [-0.3, -0.25) is 0 Å². The maximum Gasteiger partial charge on any atom is 0.433 e. The van der Waals surface area contributed by atoms with Crippen LogP contribution in [0.4, 0.5) is 13.2 Å². The highest BCUT2D eigenvalue weighted by molar-refractivity contribution is 5.50. The van der Waals surface area contributed by atoms with E-state index in [4.69, 9.17) is 0 Å². The van der Waals surface area contributed by atoms with E-state index in [1.807, 2.05) is 0 Å². The highest BCUT2D eigenvalue weighted by atomic mass is 19.4. The van der Waals surface area contributed by atoms with Crippen molar-refractivity contribution in [2.45, 2.75) is 71.4 Å². The summed E-state index contributed by atoms with van der Waals surface area (Å²) in [4.78, 5) is 13.0. The van der Waals surface area contributed by atoms with Crippen LogP contribution in [0.3, 0.4) is 0 Å². The third-order valence-electron chi connectivity index (χ3n) is 6.67. The fourth-order valence-electron chi connectivity index (χ4n) is 4.19. The van der Waals surface area contributed by atoms with Gasteiger partial charge in [-0.2, -0.15) is 13.2 Å². The highest BCUT2D eigenvalue weighted by Crippen LogP contribution is 2.39. The predicted octanol–water partition coefficient (Wildman–Crippen LogP) is 6.51. The van der Waals surface area contributed by atoms with E-state index >= 15 is 0 Å². The Labute approximate surface area is 176 Å². The van der Waals surface area contributed by atoms with E-state index in [0.29, 0.717) is 17.7 Å². The lowest BCUT2D eigenvalue weighted by Gasteiger charge is -2.13. The lowest BCUT2D eigenvalue weighted by Crippen LogP contribution is -2.10. The number of hydrogen-bond donors (Lipinski definition) is 0. The molecule has 0 radical (unpaired) electrons. The summed E-state index contributed by atoms with van der Waals surface area (Å²) in [5, 5.41) is 0. The molecule has 0 N–H and O–H groups in total. The molecule has 2 atom stereocenters. The molecule has 6 heteroatoms.